The fraction of sp³-hybridized carbons (Fsp3) is 0.462. The van der Waals surface area contributed by atoms with Crippen LogP contribution in [-0.2, 0) is 0 Å². The molecule has 1 aliphatic rings. The van der Waals surface area contributed by atoms with Crippen LogP contribution in [0.1, 0.15) is 36.0 Å². The van der Waals surface area contributed by atoms with Gasteiger partial charge in [-0.1, -0.05) is 12.8 Å². The van der Waals surface area contributed by atoms with Crippen molar-refractivity contribution in [2.45, 2.75) is 30.9 Å². The SMILES string of the molecule is O=C(CSC1CCCC1)c1ccc(F)cc1F. The van der Waals surface area contributed by atoms with Crippen LogP contribution in [0.5, 0.6) is 0 Å². The highest BCUT2D eigenvalue weighted by molar-refractivity contribution is 8.00. The molecule has 1 saturated carbocycles. The smallest absolute Gasteiger partial charge is 0.175 e. The summed E-state index contributed by atoms with van der Waals surface area (Å²) in [7, 11) is 0. The number of hydrogen-bond acceptors (Lipinski definition) is 2. The monoisotopic (exact) mass is 256 g/mol. The lowest BCUT2D eigenvalue weighted by molar-refractivity contribution is 0.101. The fourth-order valence-corrected chi connectivity index (χ4v) is 3.25. The summed E-state index contributed by atoms with van der Waals surface area (Å²) in [5.41, 5.74) is -0.00287. The Morgan fingerprint density at radius 2 is 2.00 bits per heavy atom. The van der Waals surface area contributed by atoms with Gasteiger partial charge in [-0.3, -0.25) is 4.79 Å². The van der Waals surface area contributed by atoms with E-state index >= 15 is 0 Å². The van der Waals surface area contributed by atoms with E-state index in [9.17, 15) is 13.6 Å². The summed E-state index contributed by atoms with van der Waals surface area (Å²) in [6.45, 7) is 0. The summed E-state index contributed by atoms with van der Waals surface area (Å²) >= 11 is 1.59. The standard InChI is InChI=1S/C13H14F2OS/c14-9-5-6-11(12(15)7-9)13(16)8-17-10-3-1-2-4-10/h5-7,10H,1-4,8H2. The Hall–Kier alpha value is -0.900. The molecule has 0 spiro atoms. The first-order valence-electron chi connectivity index (χ1n) is 5.76. The molecule has 0 N–H and O–H groups in total. The number of rotatable bonds is 4. The van der Waals surface area contributed by atoms with E-state index in [2.05, 4.69) is 0 Å². The Bertz CT molecular complexity index is 414. The molecule has 0 atom stereocenters. The van der Waals surface area contributed by atoms with Crippen molar-refractivity contribution in [3.05, 3.63) is 35.4 Å². The summed E-state index contributed by atoms with van der Waals surface area (Å²) in [5, 5.41) is 0.530. The van der Waals surface area contributed by atoms with Gasteiger partial charge in [-0.15, -0.1) is 0 Å². The van der Waals surface area contributed by atoms with Crippen molar-refractivity contribution in [3.8, 4) is 0 Å². The second-order valence-electron chi connectivity index (χ2n) is 4.26. The molecule has 17 heavy (non-hydrogen) atoms. The minimum absolute atomic E-state index is 0.00287. The van der Waals surface area contributed by atoms with Gasteiger partial charge in [-0.2, -0.15) is 11.8 Å². The molecule has 1 fully saturated rings. The highest BCUT2D eigenvalue weighted by atomic mass is 32.2. The van der Waals surface area contributed by atoms with Crippen LogP contribution in [0.15, 0.2) is 18.2 Å². The molecule has 0 aliphatic heterocycles. The van der Waals surface area contributed by atoms with Crippen LogP contribution in [-0.4, -0.2) is 16.8 Å². The number of ketones is 1. The molecule has 0 aromatic heterocycles. The van der Waals surface area contributed by atoms with E-state index < -0.39 is 11.6 Å². The molecule has 1 nitrogen and oxygen atoms in total. The Kier molecular flexibility index (Phi) is 4.15. The molecule has 0 radical (unpaired) electrons. The summed E-state index contributed by atoms with van der Waals surface area (Å²) in [5.74, 6) is -1.38. The lowest BCUT2D eigenvalue weighted by atomic mass is 10.1. The van der Waals surface area contributed by atoms with Crippen LogP contribution < -0.4 is 0 Å². The van der Waals surface area contributed by atoms with E-state index in [-0.39, 0.29) is 17.1 Å². The molecular weight excluding hydrogens is 242 g/mol. The molecule has 0 heterocycles. The number of hydrogen-bond donors (Lipinski definition) is 0. The largest absolute Gasteiger partial charge is 0.293 e. The summed E-state index contributed by atoms with van der Waals surface area (Å²) in [6, 6.07) is 3.10. The number of carbonyl (C=O) groups excluding carboxylic acids is 1. The van der Waals surface area contributed by atoms with E-state index in [1.54, 1.807) is 11.8 Å². The van der Waals surface area contributed by atoms with Crippen molar-refractivity contribution < 1.29 is 13.6 Å². The number of benzene rings is 1. The number of Topliss-reactive ketones (excluding diaryl/α,β-unsaturated/α-hetero) is 1. The zero-order valence-corrected chi connectivity index (χ0v) is 10.2. The molecule has 0 bridgehead atoms. The van der Waals surface area contributed by atoms with Gasteiger partial charge in [0.2, 0.25) is 0 Å². The Morgan fingerprint density at radius 1 is 1.29 bits per heavy atom. The molecule has 1 aliphatic carbocycles. The van der Waals surface area contributed by atoms with Crippen molar-refractivity contribution in [1.29, 1.82) is 0 Å². The van der Waals surface area contributed by atoms with Crippen molar-refractivity contribution in [2.24, 2.45) is 0 Å². The number of thioether (sulfide) groups is 1. The van der Waals surface area contributed by atoms with Crippen molar-refractivity contribution in [2.75, 3.05) is 5.75 Å². The van der Waals surface area contributed by atoms with Crippen molar-refractivity contribution in [3.63, 3.8) is 0 Å². The number of halogens is 2. The summed E-state index contributed by atoms with van der Waals surface area (Å²) < 4.78 is 26.0. The number of carbonyl (C=O) groups is 1. The molecule has 0 saturated heterocycles. The van der Waals surface area contributed by atoms with Crippen LogP contribution in [0, 0.1) is 11.6 Å². The van der Waals surface area contributed by atoms with Gasteiger partial charge in [0.25, 0.3) is 0 Å². The van der Waals surface area contributed by atoms with E-state index in [0.717, 1.165) is 25.0 Å². The summed E-state index contributed by atoms with van der Waals surface area (Å²) in [4.78, 5) is 11.8. The summed E-state index contributed by atoms with van der Waals surface area (Å²) in [6.07, 6.45) is 4.72. The average molecular weight is 256 g/mol. The van der Waals surface area contributed by atoms with Crippen LogP contribution in [0.4, 0.5) is 8.78 Å². The first kappa shape index (κ1) is 12.6. The molecular formula is C13H14F2OS. The molecule has 2 rings (SSSR count). The van der Waals surface area contributed by atoms with Crippen LogP contribution >= 0.6 is 11.8 Å². The molecule has 4 heteroatoms. The third-order valence-corrected chi connectivity index (χ3v) is 4.36. The predicted octanol–water partition coefficient (Wildman–Crippen LogP) is 3.82. The first-order valence-corrected chi connectivity index (χ1v) is 6.81. The van der Waals surface area contributed by atoms with E-state index in [1.807, 2.05) is 0 Å². The topological polar surface area (TPSA) is 17.1 Å². The Labute approximate surface area is 104 Å². The van der Waals surface area contributed by atoms with Gasteiger partial charge >= 0.3 is 0 Å². The fourth-order valence-electron chi connectivity index (χ4n) is 2.04. The van der Waals surface area contributed by atoms with Crippen LogP contribution in [0.25, 0.3) is 0 Å². The lowest BCUT2D eigenvalue weighted by Crippen LogP contribution is -2.08. The van der Waals surface area contributed by atoms with Gasteiger partial charge in [-0.05, 0) is 25.0 Å². The molecule has 0 unspecified atom stereocenters. The van der Waals surface area contributed by atoms with E-state index in [0.29, 0.717) is 5.25 Å². The maximum atomic E-state index is 13.3. The highest BCUT2D eigenvalue weighted by Gasteiger charge is 2.18. The maximum Gasteiger partial charge on any atom is 0.175 e. The van der Waals surface area contributed by atoms with Crippen molar-refractivity contribution in [1.82, 2.24) is 0 Å². The third kappa shape index (κ3) is 3.28. The van der Waals surface area contributed by atoms with E-state index in [4.69, 9.17) is 0 Å². The van der Waals surface area contributed by atoms with Gasteiger partial charge in [-0.25, -0.2) is 8.78 Å². The predicted molar refractivity (Wildman–Crippen MR) is 65.4 cm³/mol. The first-order chi connectivity index (χ1) is 8.16. The molecule has 1 aromatic carbocycles. The zero-order chi connectivity index (χ0) is 12.3. The minimum Gasteiger partial charge on any atom is -0.293 e. The van der Waals surface area contributed by atoms with Crippen molar-refractivity contribution >= 4 is 17.5 Å². The van der Waals surface area contributed by atoms with Gasteiger partial charge in [0, 0.05) is 11.3 Å². The van der Waals surface area contributed by atoms with Gasteiger partial charge in [0.15, 0.2) is 5.78 Å². The minimum atomic E-state index is -0.762. The second kappa shape index (κ2) is 5.63. The lowest BCUT2D eigenvalue weighted by Gasteiger charge is -2.08. The zero-order valence-electron chi connectivity index (χ0n) is 9.42. The van der Waals surface area contributed by atoms with Gasteiger partial charge in [0.1, 0.15) is 11.6 Å². The molecule has 92 valence electrons. The van der Waals surface area contributed by atoms with Crippen LogP contribution in [0.2, 0.25) is 0 Å². The quantitative estimate of drug-likeness (QED) is 0.762. The third-order valence-electron chi connectivity index (χ3n) is 2.98. The highest BCUT2D eigenvalue weighted by Crippen LogP contribution is 2.29. The molecule has 0 amide bonds. The molecule has 1 aromatic rings. The van der Waals surface area contributed by atoms with Crippen LogP contribution in [0.3, 0.4) is 0 Å². The van der Waals surface area contributed by atoms with E-state index in [1.165, 1.54) is 18.9 Å². The normalized spacial score (nSPS) is 16.4. The van der Waals surface area contributed by atoms with Gasteiger partial charge < -0.3 is 0 Å². The second-order valence-corrected chi connectivity index (χ2v) is 5.55. The van der Waals surface area contributed by atoms with Gasteiger partial charge in [0.05, 0.1) is 11.3 Å². The Morgan fingerprint density at radius 3 is 2.65 bits per heavy atom. The maximum absolute atomic E-state index is 13.3. The Balaban J connectivity index is 1.94. The average Bonchev–Trinajstić information content (AvgIpc) is 2.78.